The Balaban J connectivity index is 1.98. The number of benzene rings is 2. The van der Waals surface area contributed by atoms with Crippen molar-refractivity contribution in [1.82, 2.24) is 10.6 Å². The van der Waals surface area contributed by atoms with Gasteiger partial charge in [-0.05, 0) is 51.8 Å². The number of hydrogen-bond donors (Lipinski definition) is 3. The van der Waals surface area contributed by atoms with Gasteiger partial charge in [0.25, 0.3) is 0 Å². The van der Waals surface area contributed by atoms with E-state index in [0.29, 0.717) is 0 Å². The first-order valence-electron chi connectivity index (χ1n) is 9.51. The zero-order valence-electron chi connectivity index (χ0n) is 16.8. The molecule has 0 saturated heterocycles. The van der Waals surface area contributed by atoms with E-state index in [1.807, 2.05) is 54.6 Å². The molecule has 2 amide bonds. The molecule has 0 aliphatic carbocycles. The van der Waals surface area contributed by atoms with Gasteiger partial charge in [-0.15, -0.1) is 0 Å². The second-order valence-electron chi connectivity index (χ2n) is 7.16. The molecule has 0 spiro atoms. The fourth-order valence-electron chi connectivity index (χ4n) is 2.79. The van der Waals surface area contributed by atoms with Crippen LogP contribution in [-0.2, 0) is 27.4 Å². The van der Waals surface area contributed by atoms with Gasteiger partial charge in [0, 0.05) is 9.99 Å². The first kappa shape index (κ1) is 23.7. The lowest BCUT2D eigenvalue weighted by Gasteiger charge is -2.24. The molecule has 0 aromatic heterocycles. The van der Waals surface area contributed by atoms with Crippen molar-refractivity contribution in [3.05, 3.63) is 69.3 Å². The van der Waals surface area contributed by atoms with Gasteiger partial charge in [0.15, 0.2) is 0 Å². The van der Waals surface area contributed by atoms with Crippen molar-refractivity contribution >= 4 is 40.6 Å². The third kappa shape index (κ3) is 7.66. The minimum atomic E-state index is -1.14. The van der Waals surface area contributed by atoms with Crippen LogP contribution in [0.4, 0.5) is 4.79 Å². The largest absolute Gasteiger partial charge is 0.480 e. The van der Waals surface area contributed by atoms with E-state index in [4.69, 9.17) is 4.74 Å². The second kappa shape index (κ2) is 11.5. The van der Waals surface area contributed by atoms with Crippen LogP contribution in [0, 0.1) is 9.49 Å². The SMILES string of the molecule is CC(C)[C@H](NC(=O)OCc1ccccc1)C(=O)N[C@@H](Cc1cccc(I)c1)C(=O)O. The number of halogens is 1. The predicted molar refractivity (Wildman–Crippen MR) is 121 cm³/mol. The number of carboxylic acids is 1. The maximum absolute atomic E-state index is 12.7. The number of carboxylic acid groups (broad SMARTS) is 1. The Labute approximate surface area is 189 Å². The molecule has 0 unspecified atom stereocenters. The van der Waals surface area contributed by atoms with Gasteiger partial charge in [-0.1, -0.05) is 56.3 Å². The molecule has 0 radical (unpaired) electrons. The topological polar surface area (TPSA) is 105 Å². The maximum Gasteiger partial charge on any atom is 0.408 e. The summed E-state index contributed by atoms with van der Waals surface area (Å²) in [5.41, 5.74) is 1.62. The van der Waals surface area contributed by atoms with Crippen LogP contribution >= 0.6 is 22.6 Å². The molecule has 0 saturated carbocycles. The Bertz CT molecular complexity index is 873. The van der Waals surface area contributed by atoms with Crippen LogP contribution in [-0.4, -0.2) is 35.2 Å². The zero-order chi connectivity index (χ0) is 22.1. The summed E-state index contributed by atoms with van der Waals surface area (Å²) in [6, 6.07) is 14.5. The molecule has 8 heteroatoms. The lowest BCUT2D eigenvalue weighted by molar-refractivity contribution is -0.142. The molecule has 0 aliphatic rings. The number of amides is 2. The number of ether oxygens (including phenoxy) is 1. The average molecular weight is 524 g/mol. The normalized spacial score (nSPS) is 12.7. The van der Waals surface area contributed by atoms with Crippen LogP contribution < -0.4 is 10.6 Å². The fraction of sp³-hybridized carbons (Fsp3) is 0.318. The fourth-order valence-corrected chi connectivity index (χ4v) is 3.40. The second-order valence-corrected chi connectivity index (χ2v) is 8.41. The van der Waals surface area contributed by atoms with Crippen LogP contribution in [0.2, 0.25) is 0 Å². The summed E-state index contributed by atoms with van der Waals surface area (Å²) < 4.78 is 6.15. The quantitative estimate of drug-likeness (QED) is 0.437. The van der Waals surface area contributed by atoms with Crippen LogP contribution in [0.15, 0.2) is 54.6 Å². The lowest BCUT2D eigenvalue weighted by Crippen LogP contribution is -2.54. The molecule has 0 bridgehead atoms. The van der Waals surface area contributed by atoms with Gasteiger partial charge >= 0.3 is 12.1 Å². The van der Waals surface area contributed by atoms with E-state index in [-0.39, 0.29) is 18.9 Å². The highest BCUT2D eigenvalue weighted by molar-refractivity contribution is 14.1. The van der Waals surface area contributed by atoms with E-state index < -0.39 is 30.1 Å². The Morgan fingerprint density at radius 3 is 2.27 bits per heavy atom. The van der Waals surface area contributed by atoms with Crippen molar-refractivity contribution in [3.8, 4) is 0 Å². The number of alkyl carbamates (subject to hydrolysis) is 1. The summed E-state index contributed by atoms with van der Waals surface area (Å²) in [6.45, 7) is 3.59. The van der Waals surface area contributed by atoms with Crippen molar-refractivity contribution in [2.24, 2.45) is 5.92 Å². The van der Waals surface area contributed by atoms with Crippen LogP contribution in [0.25, 0.3) is 0 Å². The van der Waals surface area contributed by atoms with Gasteiger partial charge in [-0.25, -0.2) is 9.59 Å². The summed E-state index contributed by atoms with van der Waals surface area (Å²) in [6.07, 6.45) is -0.599. The first-order chi connectivity index (χ1) is 14.3. The van der Waals surface area contributed by atoms with Gasteiger partial charge in [-0.3, -0.25) is 4.79 Å². The van der Waals surface area contributed by atoms with E-state index in [1.165, 1.54) is 0 Å². The summed E-state index contributed by atoms with van der Waals surface area (Å²) in [7, 11) is 0. The summed E-state index contributed by atoms with van der Waals surface area (Å²) in [5, 5.41) is 14.6. The Morgan fingerprint density at radius 2 is 1.67 bits per heavy atom. The van der Waals surface area contributed by atoms with Gasteiger partial charge in [-0.2, -0.15) is 0 Å². The standard InChI is InChI=1S/C22H25IN2O5/c1-14(2)19(25-22(29)30-13-15-7-4-3-5-8-15)20(26)24-18(21(27)28)12-16-9-6-10-17(23)11-16/h3-11,14,18-19H,12-13H2,1-2H3,(H,24,26)(H,25,29)(H,27,28)/t18-,19-/m0/s1. The Morgan fingerprint density at radius 1 is 1.00 bits per heavy atom. The van der Waals surface area contributed by atoms with Gasteiger partial charge in [0.2, 0.25) is 5.91 Å². The van der Waals surface area contributed by atoms with Crippen molar-refractivity contribution in [3.63, 3.8) is 0 Å². The minimum absolute atomic E-state index is 0.0729. The Hall–Kier alpha value is -2.62. The average Bonchev–Trinajstić information content (AvgIpc) is 2.70. The number of aliphatic carboxylic acids is 1. The van der Waals surface area contributed by atoms with Crippen molar-refractivity contribution in [2.45, 2.75) is 39.0 Å². The molecule has 160 valence electrons. The van der Waals surface area contributed by atoms with E-state index in [0.717, 1.165) is 14.7 Å². The predicted octanol–water partition coefficient (Wildman–Crippen LogP) is 3.35. The molecule has 0 heterocycles. The van der Waals surface area contributed by atoms with E-state index >= 15 is 0 Å². The number of rotatable bonds is 9. The molecule has 0 aliphatic heterocycles. The number of hydrogen-bond acceptors (Lipinski definition) is 4. The molecule has 3 N–H and O–H groups in total. The highest BCUT2D eigenvalue weighted by Gasteiger charge is 2.29. The molecule has 0 fully saturated rings. The summed E-state index contributed by atoms with van der Waals surface area (Å²) >= 11 is 2.14. The van der Waals surface area contributed by atoms with Crippen LogP contribution in [0.3, 0.4) is 0 Å². The molecule has 2 aromatic rings. The first-order valence-corrected chi connectivity index (χ1v) is 10.6. The summed E-state index contributed by atoms with van der Waals surface area (Å²) in [4.78, 5) is 36.5. The molecule has 7 nitrogen and oxygen atoms in total. The van der Waals surface area contributed by atoms with E-state index in [2.05, 4.69) is 33.2 Å². The van der Waals surface area contributed by atoms with Gasteiger partial charge in [0.1, 0.15) is 18.7 Å². The Kier molecular flexibility index (Phi) is 9.10. The highest BCUT2D eigenvalue weighted by Crippen LogP contribution is 2.11. The van der Waals surface area contributed by atoms with Crippen molar-refractivity contribution in [1.29, 1.82) is 0 Å². The van der Waals surface area contributed by atoms with E-state index in [1.54, 1.807) is 13.8 Å². The molecular formula is C22H25IN2O5. The highest BCUT2D eigenvalue weighted by atomic mass is 127. The third-order valence-electron chi connectivity index (χ3n) is 4.38. The maximum atomic E-state index is 12.7. The smallest absolute Gasteiger partial charge is 0.408 e. The van der Waals surface area contributed by atoms with Crippen LogP contribution in [0.1, 0.15) is 25.0 Å². The third-order valence-corrected chi connectivity index (χ3v) is 5.05. The van der Waals surface area contributed by atoms with E-state index in [9.17, 15) is 19.5 Å². The van der Waals surface area contributed by atoms with Gasteiger partial charge < -0.3 is 20.5 Å². The molecule has 30 heavy (non-hydrogen) atoms. The van der Waals surface area contributed by atoms with Crippen molar-refractivity contribution in [2.75, 3.05) is 0 Å². The number of nitrogens with one attached hydrogen (secondary N) is 2. The lowest BCUT2D eigenvalue weighted by atomic mass is 10.0. The summed E-state index contributed by atoms with van der Waals surface area (Å²) in [5.74, 6) is -1.97. The van der Waals surface area contributed by atoms with Gasteiger partial charge in [0.05, 0.1) is 0 Å². The number of carbonyl (C=O) groups is 3. The monoisotopic (exact) mass is 524 g/mol. The molecular weight excluding hydrogens is 499 g/mol. The molecule has 2 aromatic carbocycles. The minimum Gasteiger partial charge on any atom is -0.480 e. The zero-order valence-corrected chi connectivity index (χ0v) is 19.0. The molecule has 2 atom stereocenters. The van der Waals surface area contributed by atoms with Crippen LogP contribution in [0.5, 0.6) is 0 Å². The molecule has 2 rings (SSSR count). The van der Waals surface area contributed by atoms with Crippen molar-refractivity contribution < 1.29 is 24.2 Å². The number of carbonyl (C=O) groups excluding carboxylic acids is 2.